The summed E-state index contributed by atoms with van der Waals surface area (Å²) < 4.78 is 41.1. The summed E-state index contributed by atoms with van der Waals surface area (Å²) in [7, 11) is 0. The third-order valence-electron chi connectivity index (χ3n) is 3.90. The quantitative estimate of drug-likeness (QED) is 0.680. The fourth-order valence-electron chi connectivity index (χ4n) is 2.54. The van der Waals surface area contributed by atoms with Gasteiger partial charge in [0, 0.05) is 38.9 Å². The molecule has 11 heteroatoms. The third kappa shape index (κ3) is 6.68. The van der Waals surface area contributed by atoms with E-state index in [1.807, 2.05) is 4.90 Å². The molecule has 1 aliphatic rings. The summed E-state index contributed by atoms with van der Waals surface area (Å²) in [5, 5.41) is 2.51. The number of halogens is 4. The number of ether oxygens (including phenoxy) is 1. The van der Waals surface area contributed by atoms with E-state index in [9.17, 15) is 22.8 Å². The first kappa shape index (κ1) is 22.0. The van der Waals surface area contributed by atoms with E-state index in [2.05, 4.69) is 21.6 Å². The van der Waals surface area contributed by atoms with Gasteiger partial charge < -0.3 is 15.0 Å². The number of piperazine rings is 1. The fraction of sp³-hybridized carbons (Fsp3) is 0.471. The Morgan fingerprint density at radius 1 is 1.32 bits per heavy atom. The molecule has 0 saturated carbocycles. The first-order chi connectivity index (χ1) is 13.2. The Bertz CT molecular complexity index is 722. The molecule has 2 amide bonds. The van der Waals surface area contributed by atoms with Crippen LogP contribution in [0, 0.1) is 0 Å². The molecule has 28 heavy (non-hydrogen) atoms. The van der Waals surface area contributed by atoms with Crippen LogP contribution in [0.2, 0.25) is 5.02 Å². The van der Waals surface area contributed by atoms with Crippen LogP contribution in [0.4, 0.5) is 13.2 Å². The Labute approximate surface area is 165 Å². The fourth-order valence-corrected chi connectivity index (χ4v) is 2.76. The first-order valence-corrected chi connectivity index (χ1v) is 8.81. The second-order valence-electron chi connectivity index (χ2n) is 6.08. The van der Waals surface area contributed by atoms with Gasteiger partial charge in [0.25, 0.3) is 5.91 Å². The molecule has 1 fully saturated rings. The maximum Gasteiger partial charge on any atom is 0.422 e. The lowest BCUT2D eigenvalue weighted by Crippen LogP contribution is -2.51. The zero-order valence-corrected chi connectivity index (χ0v) is 15.7. The lowest BCUT2D eigenvalue weighted by molar-refractivity contribution is -0.154. The van der Waals surface area contributed by atoms with Gasteiger partial charge in [-0.15, -0.1) is 6.58 Å². The van der Waals surface area contributed by atoms with E-state index >= 15 is 0 Å². The van der Waals surface area contributed by atoms with E-state index < -0.39 is 12.8 Å². The Morgan fingerprint density at radius 2 is 2.00 bits per heavy atom. The highest BCUT2D eigenvalue weighted by Crippen LogP contribution is 2.25. The normalized spacial score (nSPS) is 15.2. The van der Waals surface area contributed by atoms with Gasteiger partial charge in [-0.2, -0.15) is 13.2 Å². The number of carbonyl (C=O) groups is 2. The van der Waals surface area contributed by atoms with Crippen LogP contribution < -0.4 is 10.1 Å². The first-order valence-electron chi connectivity index (χ1n) is 8.44. The minimum absolute atomic E-state index is 0.120. The average molecular weight is 421 g/mol. The Kier molecular flexibility index (Phi) is 7.64. The number of hydrogen-bond donors (Lipinski definition) is 1. The van der Waals surface area contributed by atoms with Crippen molar-refractivity contribution in [2.75, 3.05) is 45.9 Å². The molecule has 2 heterocycles. The van der Waals surface area contributed by atoms with E-state index in [0.29, 0.717) is 32.7 Å². The van der Waals surface area contributed by atoms with Crippen molar-refractivity contribution in [1.82, 2.24) is 20.1 Å². The highest BCUT2D eigenvalue weighted by molar-refractivity contribution is 6.32. The molecule has 1 saturated heterocycles. The van der Waals surface area contributed by atoms with Gasteiger partial charge in [0.1, 0.15) is 5.02 Å². The van der Waals surface area contributed by atoms with Gasteiger partial charge in [-0.3, -0.25) is 14.5 Å². The highest BCUT2D eigenvalue weighted by Gasteiger charge is 2.29. The summed E-state index contributed by atoms with van der Waals surface area (Å²) >= 11 is 5.88. The second-order valence-corrected chi connectivity index (χ2v) is 6.48. The van der Waals surface area contributed by atoms with Crippen molar-refractivity contribution in [2.24, 2.45) is 0 Å². The zero-order valence-electron chi connectivity index (χ0n) is 15.0. The van der Waals surface area contributed by atoms with Crippen LogP contribution in [-0.2, 0) is 4.79 Å². The monoisotopic (exact) mass is 420 g/mol. The maximum absolute atomic E-state index is 12.5. The van der Waals surface area contributed by atoms with Gasteiger partial charge in [-0.05, 0) is 6.07 Å². The molecule has 7 nitrogen and oxygen atoms in total. The van der Waals surface area contributed by atoms with E-state index in [-0.39, 0.29) is 34.8 Å². The molecule has 1 N–H and O–H groups in total. The number of nitrogens with zero attached hydrogens (tertiary/aromatic N) is 3. The number of pyridine rings is 1. The van der Waals surface area contributed by atoms with Gasteiger partial charge in [0.15, 0.2) is 6.61 Å². The number of nitrogens with one attached hydrogen (secondary N) is 1. The highest BCUT2D eigenvalue weighted by atomic mass is 35.5. The van der Waals surface area contributed by atoms with Gasteiger partial charge in [-0.25, -0.2) is 4.98 Å². The molecule has 2 rings (SSSR count). The predicted molar refractivity (Wildman–Crippen MR) is 96.3 cm³/mol. The van der Waals surface area contributed by atoms with Crippen molar-refractivity contribution < 1.29 is 27.5 Å². The van der Waals surface area contributed by atoms with E-state index in [1.54, 1.807) is 11.0 Å². The summed E-state index contributed by atoms with van der Waals surface area (Å²) in [6.07, 6.45) is -1.79. The standard InChI is InChI=1S/C17H20ClF3N4O3/c1-2-3-22-14(26)10-24-4-6-25(7-5-24)16(27)12-8-13(18)15(23-9-12)28-11-17(19,20)21/h2,8-9H,1,3-7,10-11H2,(H,22,26). The topological polar surface area (TPSA) is 74.8 Å². The molecule has 0 atom stereocenters. The summed E-state index contributed by atoms with van der Waals surface area (Å²) in [5.41, 5.74) is 0.154. The lowest BCUT2D eigenvalue weighted by atomic mass is 10.2. The second kappa shape index (κ2) is 9.74. The summed E-state index contributed by atoms with van der Waals surface area (Å²) in [5.74, 6) is -0.844. The van der Waals surface area contributed by atoms with Crippen LogP contribution in [0.25, 0.3) is 0 Å². The average Bonchev–Trinajstić information content (AvgIpc) is 2.64. The molecule has 1 aliphatic heterocycles. The van der Waals surface area contributed by atoms with Gasteiger partial charge >= 0.3 is 6.18 Å². The molecule has 1 aromatic heterocycles. The molecule has 154 valence electrons. The van der Waals surface area contributed by atoms with Crippen molar-refractivity contribution in [3.8, 4) is 5.88 Å². The molecular weight excluding hydrogens is 401 g/mol. The van der Waals surface area contributed by atoms with Crippen LogP contribution in [-0.4, -0.2) is 78.6 Å². The van der Waals surface area contributed by atoms with Crippen LogP contribution in [0.1, 0.15) is 10.4 Å². The van der Waals surface area contributed by atoms with Crippen molar-refractivity contribution in [3.63, 3.8) is 0 Å². The van der Waals surface area contributed by atoms with Gasteiger partial charge in [-0.1, -0.05) is 17.7 Å². The van der Waals surface area contributed by atoms with Crippen molar-refractivity contribution in [3.05, 3.63) is 35.5 Å². The summed E-state index contributed by atoms with van der Waals surface area (Å²) in [6, 6.07) is 1.23. The summed E-state index contributed by atoms with van der Waals surface area (Å²) in [6.45, 7) is 4.46. The maximum atomic E-state index is 12.5. The number of aromatic nitrogens is 1. The third-order valence-corrected chi connectivity index (χ3v) is 4.17. The number of carbonyl (C=O) groups excluding carboxylic acids is 2. The number of hydrogen-bond acceptors (Lipinski definition) is 5. The summed E-state index contributed by atoms with van der Waals surface area (Å²) in [4.78, 5) is 31.4. The van der Waals surface area contributed by atoms with Gasteiger partial charge in [0.2, 0.25) is 11.8 Å². The minimum atomic E-state index is -4.51. The predicted octanol–water partition coefficient (Wildman–Crippen LogP) is 1.74. The van der Waals surface area contributed by atoms with Crippen molar-refractivity contribution in [2.45, 2.75) is 6.18 Å². The molecule has 0 radical (unpaired) electrons. The van der Waals surface area contributed by atoms with Crippen molar-refractivity contribution >= 4 is 23.4 Å². The van der Waals surface area contributed by atoms with Crippen LogP contribution in [0.3, 0.4) is 0 Å². The van der Waals surface area contributed by atoms with Crippen LogP contribution >= 0.6 is 11.6 Å². The van der Waals surface area contributed by atoms with E-state index in [1.165, 1.54) is 6.07 Å². The van der Waals surface area contributed by atoms with E-state index in [4.69, 9.17) is 11.6 Å². The molecule has 0 aromatic carbocycles. The Morgan fingerprint density at radius 3 is 2.57 bits per heavy atom. The molecule has 0 spiro atoms. The van der Waals surface area contributed by atoms with Gasteiger partial charge in [0.05, 0.1) is 12.1 Å². The van der Waals surface area contributed by atoms with Crippen LogP contribution in [0.15, 0.2) is 24.9 Å². The lowest BCUT2D eigenvalue weighted by Gasteiger charge is -2.34. The number of alkyl halides is 3. The Balaban J connectivity index is 1.88. The van der Waals surface area contributed by atoms with Crippen molar-refractivity contribution in [1.29, 1.82) is 0 Å². The van der Waals surface area contributed by atoms with Crippen LogP contribution in [0.5, 0.6) is 5.88 Å². The smallest absolute Gasteiger partial charge is 0.422 e. The molecule has 1 aromatic rings. The molecule has 0 bridgehead atoms. The SMILES string of the molecule is C=CCNC(=O)CN1CCN(C(=O)c2cnc(OCC(F)(F)F)c(Cl)c2)CC1. The number of rotatable bonds is 7. The zero-order chi connectivity index (χ0) is 20.7. The number of amides is 2. The van der Waals surface area contributed by atoms with E-state index in [0.717, 1.165) is 6.20 Å². The molecule has 0 aliphatic carbocycles. The molecule has 0 unspecified atom stereocenters. The Hall–Kier alpha value is -2.33. The molecular formula is C17H20ClF3N4O3. The largest absolute Gasteiger partial charge is 0.467 e. The minimum Gasteiger partial charge on any atom is -0.467 e.